The van der Waals surface area contributed by atoms with Crippen LogP contribution >= 0.6 is 0 Å². The van der Waals surface area contributed by atoms with Crippen LogP contribution in [0.25, 0.3) is 0 Å². The lowest BCUT2D eigenvalue weighted by Crippen LogP contribution is -2.70. The maximum Gasteiger partial charge on any atom is 0.335 e. The van der Waals surface area contributed by atoms with E-state index in [0.717, 1.165) is 0 Å². The van der Waals surface area contributed by atoms with Crippen molar-refractivity contribution in [1.29, 1.82) is 0 Å². The Balaban J connectivity index is 2.55. The summed E-state index contributed by atoms with van der Waals surface area (Å²) in [6.45, 7) is 17.3. The summed E-state index contributed by atoms with van der Waals surface area (Å²) < 4.78 is 31.6. The average molecular weight is 437 g/mol. The molecule has 28 heavy (non-hydrogen) atoms. The van der Waals surface area contributed by atoms with Crippen molar-refractivity contribution in [3.63, 3.8) is 0 Å². The molecular weight excluding hydrogens is 396 g/mol. The third-order valence-corrected chi connectivity index (χ3v) is 16.5. The molecule has 2 N–H and O–H groups in total. The molecule has 0 bridgehead atoms. The van der Waals surface area contributed by atoms with Crippen molar-refractivity contribution in [2.45, 2.75) is 108 Å². The molecule has 0 radical (unpaired) electrons. The fourth-order valence-corrected chi connectivity index (χ4v) is 15.7. The standard InChI is InChI=1S/C19H40O7Si2/c1-11(2)27(12(3)4)23-10-15-18(16(20)17(21)19(22-9)24-15)25-28(26-27,13(5)6)14(7)8/h11-21H,10H2,1-9H3/t15-,16-,17+,18-,19+/m1/s1. The van der Waals surface area contributed by atoms with E-state index in [1.54, 1.807) is 0 Å². The summed E-state index contributed by atoms with van der Waals surface area (Å²) in [6.07, 6.45) is -4.47. The summed E-state index contributed by atoms with van der Waals surface area (Å²) in [5.74, 6) is 0. The van der Waals surface area contributed by atoms with Crippen LogP contribution in [0.15, 0.2) is 0 Å². The number of methoxy groups -OCH3 is 1. The summed E-state index contributed by atoms with van der Waals surface area (Å²) in [4.78, 5) is 0. The van der Waals surface area contributed by atoms with Crippen molar-refractivity contribution < 1.29 is 32.7 Å². The quantitative estimate of drug-likeness (QED) is 0.641. The van der Waals surface area contributed by atoms with Gasteiger partial charge in [0.15, 0.2) is 6.29 Å². The fourth-order valence-electron chi connectivity index (χ4n) is 4.52. The number of ether oxygens (including phenoxy) is 2. The first-order valence-corrected chi connectivity index (χ1v) is 14.4. The highest BCUT2D eigenvalue weighted by molar-refractivity contribution is 6.83. The van der Waals surface area contributed by atoms with Crippen LogP contribution in [-0.2, 0) is 22.4 Å². The van der Waals surface area contributed by atoms with Gasteiger partial charge in [-0.15, -0.1) is 0 Å². The van der Waals surface area contributed by atoms with Gasteiger partial charge in [-0.2, -0.15) is 0 Å². The Kier molecular flexibility index (Phi) is 7.95. The minimum absolute atomic E-state index is 0.142. The molecule has 0 saturated carbocycles. The van der Waals surface area contributed by atoms with E-state index in [0.29, 0.717) is 0 Å². The molecule has 9 heteroatoms. The molecule has 0 aromatic rings. The summed E-state index contributed by atoms with van der Waals surface area (Å²) in [7, 11) is -4.05. The zero-order valence-corrected chi connectivity index (χ0v) is 20.8. The maximum atomic E-state index is 10.8. The van der Waals surface area contributed by atoms with E-state index >= 15 is 0 Å². The number of fused-ring (bicyclic) bond motifs is 1. The van der Waals surface area contributed by atoms with E-state index in [9.17, 15) is 10.2 Å². The van der Waals surface area contributed by atoms with Gasteiger partial charge in [-0.05, 0) is 22.2 Å². The van der Waals surface area contributed by atoms with Crippen molar-refractivity contribution >= 4 is 17.1 Å². The number of hydrogen-bond donors (Lipinski definition) is 2. The van der Waals surface area contributed by atoms with Gasteiger partial charge in [0.25, 0.3) is 0 Å². The predicted molar refractivity (Wildman–Crippen MR) is 111 cm³/mol. The largest absolute Gasteiger partial charge is 0.414 e. The molecule has 166 valence electrons. The maximum absolute atomic E-state index is 10.8. The van der Waals surface area contributed by atoms with E-state index in [1.807, 2.05) is 0 Å². The Labute approximate surface area is 172 Å². The Hall–Kier alpha value is 0.154. The van der Waals surface area contributed by atoms with E-state index in [1.165, 1.54) is 7.11 Å². The van der Waals surface area contributed by atoms with E-state index in [-0.39, 0.29) is 28.8 Å². The van der Waals surface area contributed by atoms with E-state index in [4.69, 9.17) is 22.4 Å². The van der Waals surface area contributed by atoms with Crippen molar-refractivity contribution in [3.8, 4) is 0 Å². The minimum atomic E-state index is -2.85. The Morgan fingerprint density at radius 1 is 0.821 bits per heavy atom. The normalized spacial score (nSPS) is 35.9. The topological polar surface area (TPSA) is 86.6 Å². The first kappa shape index (κ1) is 24.4. The number of rotatable bonds is 5. The minimum Gasteiger partial charge on any atom is -0.414 e. The zero-order chi connectivity index (χ0) is 21.4. The van der Waals surface area contributed by atoms with Gasteiger partial charge >= 0.3 is 17.1 Å². The van der Waals surface area contributed by atoms with Gasteiger partial charge in [0.05, 0.1) is 6.61 Å². The highest BCUT2D eigenvalue weighted by Crippen LogP contribution is 2.47. The second kappa shape index (κ2) is 9.11. The smallest absolute Gasteiger partial charge is 0.335 e. The summed E-state index contributed by atoms with van der Waals surface area (Å²) in [6, 6.07) is 0. The Bertz CT molecular complexity index is 499. The van der Waals surface area contributed by atoms with Crippen LogP contribution in [0.5, 0.6) is 0 Å². The molecular formula is C19H40O7Si2. The van der Waals surface area contributed by atoms with E-state index in [2.05, 4.69) is 55.4 Å². The SMILES string of the molecule is CO[C@H]1O[C@@H]2CO[Si](C(C)C)(C(C)C)O[Si](C(C)C)(C(C)C)O[C@H]2[C@H](O)[C@@H]1O. The van der Waals surface area contributed by atoms with Crippen LogP contribution in [-0.4, -0.2) is 71.8 Å². The van der Waals surface area contributed by atoms with Gasteiger partial charge in [0, 0.05) is 7.11 Å². The summed E-state index contributed by atoms with van der Waals surface area (Å²) in [5.41, 5.74) is 0.746. The van der Waals surface area contributed by atoms with Crippen molar-refractivity contribution in [2.75, 3.05) is 13.7 Å². The molecule has 2 heterocycles. The molecule has 0 spiro atoms. The number of aliphatic hydroxyl groups is 2. The van der Waals surface area contributed by atoms with Gasteiger partial charge in [0.2, 0.25) is 0 Å². The molecule has 2 saturated heterocycles. The molecule has 0 aliphatic carbocycles. The molecule has 0 aromatic carbocycles. The van der Waals surface area contributed by atoms with Gasteiger partial charge in [-0.25, -0.2) is 0 Å². The second-order valence-electron chi connectivity index (χ2n) is 9.32. The summed E-state index contributed by atoms with van der Waals surface area (Å²) in [5, 5.41) is 21.3. The lowest BCUT2D eigenvalue weighted by molar-refractivity contribution is -0.294. The molecule has 2 rings (SSSR count). The molecule has 0 aromatic heterocycles. The molecule has 5 atom stereocenters. The molecule has 2 aliphatic rings. The fraction of sp³-hybridized carbons (Fsp3) is 1.00. The zero-order valence-electron chi connectivity index (χ0n) is 18.8. The lowest BCUT2D eigenvalue weighted by atomic mass is 9.99. The van der Waals surface area contributed by atoms with Crippen molar-refractivity contribution in [2.24, 2.45) is 0 Å². The third kappa shape index (κ3) is 4.15. The van der Waals surface area contributed by atoms with Crippen LogP contribution in [0.1, 0.15) is 55.4 Å². The first-order valence-electron chi connectivity index (χ1n) is 10.5. The van der Waals surface area contributed by atoms with Gasteiger partial charge in [-0.1, -0.05) is 55.4 Å². The highest BCUT2D eigenvalue weighted by atomic mass is 28.5. The Morgan fingerprint density at radius 3 is 1.75 bits per heavy atom. The number of aliphatic hydroxyl groups excluding tert-OH is 2. The Morgan fingerprint density at radius 2 is 1.32 bits per heavy atom. The molecule has 2 fully saturated rings. The monoisotopic (exact) mass is 436 g/mol. The molecule has 0 unspecified atom stereocenters. The highest BCUT2D eigenvalue weighted by Gasteiger charge is 2.61. The van der Waals surface area contributed by atoms with Crippen LogP contribution in [0, 0.1) is 0 Å². The van der Waals surface area contributed by atoms with Gasteiger partial charge in [-0.3, -0.25) is 0 Å². The second-order valence-corrected chi connectivity index (χ2v) is 18.2. The average Bonchev–Trinajstić information content (AvgIpc) is 2.58. The van der Waals surface area contributed by atoms with Crippen LogP contribution in [0.3, 0.4) is 0 Å². The lowest BCUT2D eigenvalue weighted by Gasteiger charge is -2.54. The predicted octanol–water partition coefficient (Wildman–Crippen LogP) is 3.04. The van der Waals surface area contributed by atoms with E-state index < -0.39 is 47.8 Å². The first-order chi connectivity index (χ1) is 12.9. The van der Waals surface area contributed by atoms with Crippen LogP contribution in [0.4, 0.5) is 0 Å². The van der Waals surface area contributed by atoms with Crippen LogP contribution in [0.2, 0.25) is 22.2 Å². The van der Waals surface area contributed by atoms with Gasteiger partial charge in [0.1, 0.15) is 24.4 Å². The summed E-state index contributed by atoms with van der Waals surface area (Å²) >= 11 is 0. The van der Waals surface area contributed by atoms with Crippen molar-refractivity contribution in [1.82, 2.24) is 0 Å². The number of hydrogen-bond acceptors (Lipinski definition) is 7. The molecule has 2 aliphatic heterocycles. The third-order valence-electron chi connectivity index (χ3n) is 6.20. The van der Waals surface area contributed by atoms with Gasteiger partial charge < -0.3 is 32.7 Å². The molecule has 7 nitrogen and oxygen atoms in total. The molecule has 0 amide bonds. The van der Waals surface area contributed by atoms with Crippen molar-refractivity contribution in [3.05, 3.63) is 0 Å². The van der Waals surface area contributed by atoms with Crippen LogP contribution < -0.4 is 0 Å².